The lowest BCUT2D eigenvalue weighted by Crippen LogP contribution is -2.45. The number of carbonyl (C=O) groups excluding carboxylic acids is 1. The maximum Gasteiger partial charge on any atom is 0.136 e. The van der Waals surface area contributed by atoms with Crippen LogP contribution in [0.2, 0.25) is 5.02 Å². The third kappa shape index (κ3) is 2.71. The van der Waals surface area contributed by atoms with Crippen molar-refractivity contribution in [3.05, 3.63) is 70.7 Å². The first-order chi connectivity index (χ1) is 11.2. The predicted molar refractivity (Wildman–Crippen MR) is 92.6 cm³/mol. The van der Waals surface area contributed by atoms with Gasteiger partial charge in [-0.1, -0.05) is 60.1 Å². The topological polar surface area (TPSA) is 20.3 Å². The molecule has 2 saturated heterocycles. The Morgan fingerprint density at radius 3 is 2.17 bits per heavy atom. The maximum absolute atomic E-state index is 12.0. The molecular weight excluding hydrogens is 306 g/mol. The molecule has 2 aliphatic rings. The molecule has 3 atom stereocenters. The Balaban J connectivity index is 1.81. The van der Waals surface area contributed by atoms with E-state index in [0.717, 1.165) is 23.4 Å². The molecule has 0 amide bonds. The lowest BCUT2D eigenvalue weighted by atomic mass is 9.91. The van der Waals surface area contributed by atoms with E-state index in [4.69, 9.17) is 11.6 Å². The van der Waals surface area contributed by atoms with E-state index in [2.05, 4.69) is 35.2 Å². The average molecular weight is 326 g/mol. The Morgan fingerprint density at radius 2 is 1.52 bits per heavy atom. The molecule has 0 N–H and O–H groups in total. The highest BCUT2D eigenvalue weighted by atomic mass is 35.5. The smallest absolute Gasteiger partial charge is 0.136 e. The highest BCUT2D eigenvalue weighted by Crippen LogP contribution is 2.44. The van der Waals surface area contributed by atoms with Crippen molar-refractivity contribution in [1.82, 2.24) is 4.90 Å². The first-order valence-electron chi connectivity index (χ1n) is 8.32. The van der Waals surface area contributed by atoms with Crippen LogP contribution in [0.3, 0.4) is 0 Å². The van der Waals surface area contributed by atoms with Gasteiger partial charge in [0.15, 0.2) is 0 Å². The SMILES string of the molecule is O=C1CC2CCC(C1)N2C(c1ccccc1)c1ccccc1Cl. The molecule has 118 valence electrons. The van der Waals surface area contributed by atoms with Crippen LogP contribution in [0.15, 0.2) is 54.6 Å². The monoisotopic (exact) mass is 325 g/mol. The van der Waals surface area contributed by atoms with Crippen LogP contribution in [0.1, 0.15) is 42.9 Å². The van der Waals surface area contributed by atoms with E-state index in [-0.39, 0.29) is 6.04 Å². The molecule has 23 heavy (non-hydrogen) atoms. The first kappa shape index (κ1) is 14.9. The fourth-order valence-electron chi connectivity index (χ4n) is 4.27. The fraction of sp³-hybridized carbons (Fsp3) is 0.350. The molecule has 2 bridgehead atoms. The van der Waals surface area contributed by atoms with Crippen LogP contribution in [0.4, 0.5) is 0 Å². The summed E-state index contributed by atoms with van der Waals surface area (Å²) in [5.74, 6) is 0.416. The number of halogens is 1. The number of ketones is 1. The van der Waals surface area contributed by atoms with Crippen LogP contribution in [0.5, 0.6) is 0 Å². The number of fused-ring (bicyclic) bond motifs is 2. The zero-order valence-electron chi connectivity index (χ0n) is 13.0. The fourth-order valence-corrected chi connectivity index (χ4v) is 4.51. The van der Waals surface area contributed by atoms with E-state index in [1.165, 1.54) is 5.56 Å². The molecule has 2 heterocycles. The number of hydrogen-bond acceptors (Lipinski definition) is 2. The number of benzene rings is 2. The number of carbonyl (C=O) groups is 1. The van der Waals surface area contributed by atoms with Crippen LogP contribution in [-0.2, 0) is 4.79 Å². The second-order valence-corrected chi connectivity index (χ2v) is 7.02. The summed E-state index contributed by atoms with van der Waals surface area (Å²) in [6.07, 6.45) is 3.60. The highest BCUT2D eigenvalue weighted by Gasteiger charge is 2.44. The summed E-state index contributed by atoms with van der Waals surface area (Å²) in [7, 11) is 0. The lowest BCUT2D eigenvalue weighted by molar-refractivity contribution is -0.124. The molecular formula is C20H20ClNO. The lowest BCUT2D eigenvalue weighted by Gasteiger charge is -2.41. The van der Waals surface area contributed by atoms with E-state index in [1.807, 2.05) is 24.3 Å². The molecule has 0 saturated carbocycles. The van der Waals surface area contributed by atoms with Crippen molar-refractivity contribution in [3.8, 4) is 0 Å². The minimum atomic E-state index is 0.135. The Kier molecular flexibility index (Phi) is 3.96. The van der Waals surface area contributed by atoms with Crippen molar-refractivity contribution in [1.29, 1.82) is 0 Å². The second-order valence-electron chi connectivity index (χ2n) is 6.61. The summed E-state index contributed by atoms with van der Waals surface area (Å²) in [6.45, 7) is 0. The summed E-state index contributed by atoms with van der Waals surface area (Å²) in [5.41, 5.74) is 2.40. The Morgan fingerprint density at radius 1 is 0.913 bits per heavy atom. The standard InChI is InChI=1S/C20H20ClNO/c21-19-9-5-4-8-18(19)20(14-6-2-1-3-7-14)22-15-10-11-16(22)13-17(23)12-15/h1-9,15-16,20H,10-13H2. The van der Waals surface area contributed by atoms with Gasteiger partial charge in [0, 0.05) is 29.9 Å². The number of rotatable bonds is 3. The van der Waals surface area contributed by atoms with E-state index in [0.29, 0.717) is 30.7 Å². The normalized spacial score (nSPS) is 25.5. The van der Waals surface area contributed by atoms with Gasteiger partial charge in [0.1, 0.15) is 5.78 Å². The molecule has 0 spiro atoms. The van der Waals surface area contributed by atoms with Crippen LogP contribution >= 0.6 is 11.6 Å². The second kappa shape index (κ2) is 6.10. The largest absolute Gasteiger partial charge is 0.300 e. The average Bonchev–Trinajstić information content (AvgIpc) is 2.82. The van der Waals surface area contributed by atoms with Crippen molar-refractivity contribution in [2.45, 2.75) is 43.8 Å². The number of nitrogens with zero attached hydrogens (tertiary/aromatic N) is 1. The van der Waals surface area contributed by atoms with Crippen molar-refractivity contribution >= 4 is 17.4 Å². The third-order valence-electron chi connectivity index (χ3n) is 5.22. The van der Waals surface area contributed by atoms with Gasteiger partial charge in [0.05, 0.1) is 6.04 Å². The van der Waals surface area contributed by atoms with Gasteiger partial charge in [-0.25, -0.2) is 0 Å². The number of hydrogen-bond donors (Lipinski definition) is 0. The van der Waals surface area contributed by atoms with Gasteiger partial charge in [-0.05, 0) is 30.0 Å². The van der Waals surface area contributed by atoms with Gasteiger partial charge in [0.25, 0.3) is 0 Å². The molecule has 3 heteroatoms. The predicted octanol–water partition coefficient (Wildman–Crippen LogP) is 4.63. The van der Waals surface area contributed by atoms with E-state index in [9.17, 15) is 4.79 Å². The Hall–Kier alpha value is -1.64. The van der Waals surface area contributed by atoms with Gasteiger partial charge in [-0.15, -0.1) is 0 Å². The molecule has 2 nitrogen and oxygen atoms in total. The van der Waals surface area contributed by atoms with Gasteiger partial charge < -0.3 is 0 Å². The number of piperidine rings is 1. The van der Waals surface area contributed by atoms with E-state index in [1.54, 1.807) is 0 Å². The maximum atomic E-state index is 12.0. The molecule has 2 aromatic rings. The Bertz CT molecular complexity index is 699. The summed E-state index contributed by atoms with van der Waals surface area (Å²) < 4.78 is 0. The van der Waals surface area contributed by atoms with Gasteiger partial charge >= 0.3 is 0 Å². The van der Waals surface area contributed by atoms with Gasteiger partial charge in [-0.3, -0.25) is 9.69 Å². The zero-order chi connectivity index (χ0) is 15.8. The quantitative estimate of drug-likeness (QED) is 0.820. The minimum Gasteiger partial charge on any atom is -0.300 e. The molecule has 2 aromatic carbocycles. The summed E-state index contributed by atoms with van der Waals surface area (Å²) >= 11 is 6.54. The highest BCUT2D eigenvalue weighted by molar-refractivity contribution is 6.31. The van der Waals surface area contributed by atoms with Crippen molar-refractivity contribution in [3.63, 3.8) is 0 Å². The molecule has 2 aliphatic heterocycles. The van der Waals surface area contributed by atoms with Crippen LogP contribution < -0.4 is 0 Å². The van der Waals surface area contributed by atoms with Crippen molar-refractivity contribution in [2.75, 3.05) is 0 Å². The van der Waals surface area contributed by atoms with Gasteiger partial charge in [-0.2, -0.15) is 0 Å². The molecule has 3 unspecified atom stereocenters. The molecule has 4 rings (SSSR count). The minimum absolute atomic E-state index is 0.135. The zero-order valence-corrected chi connectivity index (χ0v) is 13.7. The number of Topliss-reactive ketones (excluding diaryl/α,β-unsaturated/α-hetero) is 1. The molecule has 0 aliphatic carbocycles. The summed E-state index contributed by atoms with van der Waals surface area (Å²) in [4.78, 5) is 14.5. The summed E-state index contributed by atoms with van der Waals surface area (Å²) in [6, 6.07) is 19.5. The van der Waals surface area contributed by atoms with Crippen LogP contribution in [0.25, 0.3) is 0 Å². The third-order valence-corrected chi connectivity index (χ3v) is 5.56. The van der Waals surface area contributed by atoms with E-state index < -0.39 is 0 Å². The molecule has 0 aromatic heterocycles. The molecule has 2 fully saturated rings. The van der Waals surface area contributed by atoms with Crippen molar-refractivity contribution < 1.29 is 4.79 Å². The van der Waals surface area contributed by atoms with Crippen LogP contribution in [-0.4, -0.2) is 22.8 Å². The Labute approximate surface area is 142 Å². The van der Waals surface area contributed by atoms with Gasteiger partial charge in [0.2, 0.25) is 0 Å². The van der Waals surface area contributed by atoms with Crippen molar-refractivity contribution in [2.24, 2.45) is 0 Å². The van der Waals surface area contributed by atoms with Crippen LogP contribution in [0, 0.1) is 0 Å². The molecule has 0 radical (unpaired) electrons. The van der Waals surface area contributed by atoms with E-state index >= 15 is 0 Å². The summed E-state index contributed by atoms with van der Waals surface area (Å²) in [5, 5.41) is 0.803. The first-order valence-corrected chi connectivity index (χ1v) is 8.70.